The molecule has 4 nitrogen and oxygen atoms in total. The van der Waals surface area contributed by atoms with Gasteiger partial charge in [0.15, 0.2) is 0 Å². The summed E-state index contributed by atoms with van der Waals surface area (Å²) in [7, 11) is 1.70. The highest BCUT2D eigenvalue weighted by Crippen LogP contribution is 2.20. The average molecular weight is 274 g/mol. The van der Waals surface area contributed by atoms with Gasteiger partial charge in [0.2, 0.25) is 0 Å². The summed E-state index contributed by atoms with van der Waals surface area (Å²) in [6.07, 6.45) is 0. The molecule has 1 heterocycles. The Labute approximate surface area is 116 Å². The minimum Gasteiger partial charge on any atom is -0.478 e. The number of nitrogens with zero attached hydrogens (tertiary/aromatic N) is 2. The summed E-state index contributed by atoms with van der Waals surface area (Å²) in [4.78, 5) is 17.1. The van der Waals surface area contributed by atoms with Crippen LogP contribution in [-0.4, -0.2) is 23.1 Å². The van der Waals surface area contributed by atoms with Gasteiger partial charge in [0.05, 0.1) is 0 Å². The molecule has 5 heteroatoms. The molecule has 0 spiro atoms. The first-order valence-corrected chi connectivity index (χ1v) is 6.14. The number of carbonyl (C=O) groups is 1. The van der Waals surface area contributed by atoms with Crippen LogP contribution in [0.25, 0.3) is 0 Å². The highest BCUT2D eigenvalue weighted by molar-refractivity contribution is 5.93. The summed E-state index contributed by atoms with van der Waals surface area (Å²) in [6, 6.07) is 9.56. The Morgan fingerprint density at radius 3 is 2.65 bits per heavy atom. The largest absolute Gasteiger partial charge is 0.478 e. The lowest BCUT2D eigenvalue weighted by molar-refractivity contribution is 0.0697. The maximum Gasteiger partial charge on any atom is 0.339 e. The summed E-state index contributed by atoms with van der Waals surface area (Å²) in [5, 5.41) is 9.19. The molecule has 0 amide bonds. The number of benzene rings is 1. The highest BCUT2D eigenvalue weighted by atomic mass is 19.1. The van der Waals surface area contributed by atoms with E-state index in [-0.39, 0.29) is 17.9 Å². The summed E-state index contributed by atoms with van der Waals surface area (Å²) < 4.78 is 13.6. The van der Waals surface area contributed by atoms with E-state index in [1.54, 1.807) is 43.1 Å². The number of aromatic carboxylic acids is 1. The molecule has 0 saturated carbocycles. The second-order valence-electron chi connectivity index (χ2n) is 4.58. The Morgan fingerprint density at radius 2 is 2.00 bits per heavy atom. The Kier molecular flexibility index (Phi) is 3.98. The van der Waals surface area contributed by atoms with Gasteiger partial charge >= 0.3 is 5.97 Å². The van der Waals surface area contributed by atoms with Crippen molar-refractivity contribution in [3.05, 3.63) is 59.0 Å². The fourth-order valence-electron chi connectivity index (χ4n) is 1.96. The number of carboxylic acid groups (broad SMARTS) is 1. The first-order valence-electron chi connectivity index (χ1n) is 6.14. The number of pyridine rings is 1. The topological polar surface area (TPSA) is 53.4 Å². The molecule has 0 aliphatic rings. The molecule has 20 heavy (non-hydrogen) atoms. The third-order valence-electron chi connectivity index (χ3n) is 2.97. The lowest BCUT2D eigenvalue weighted by Crippen LogP contribution is -2.21. The lowest BCUT2D eigenvalue weighted by Gasteiger charge is -2.20. The minimum absolute atomic E-state index is 0.106. The van der Waals surface area contributed by atoms with E-state index >= 15 is 0 Å². The predicted molar refractivity (Wildman–Crippen MR) is 74.4 cm³/mol. The molecule has 2 rings (SSSR count). The molecular formula is C15H15FN2O2. The van der Waals surface area contributed by atoms with E-state index in [1.165, 1.54) is 12.1 Å². The number of aryl methyl sites for hydroxylation is 1. The molecule has 2 aromatic rings. The number of anilines is 1. The van der Waals surface area contributed by atoms with Gasteiger partial charge in [-0.3, -0.25) is 0 Å². The van der Waals surface area contributed by atoms with Crippen molar-refractivity contribution in [1.82, 2.24) is 4.98 Å². The number of carboxylic acids is 1. The van der Waals surface area contributed by atoms with Gasteiger partial charge in [-0.2, -0.15) is 0 Å². The van der Waals surface area contributed by atoms with Crippen LogP contribution >= 0.6 is 0 Å². The van der Waals surface area contributed by atoms with Gasteiger partial charge in [-0.15, -0.1) is 0 Å². The molecule has 0 atom stereocenters. The highest BCUT2D eigenvalue weighted by Gasteiger charge is 2.16. The quantitative estimate of drug-likeness (QED) is 0.931. The molecule has 1 N–H and O–H groups in total. The van der Waals surface area contributed by atoms with Crippen molar-refractivity contribution in [1.29, 1.82) is 0 Å². The smallest absolute Gasteiger partial charge is 0.339 e. The van der Waals surface area contributed by atoms with Gasteiger partial charge in [0.25, 0.3) is 0 Å². The number of halogens is 1. The molecule has 0 radical (unpaired) electrons. The molecule has 1 aromatic carbocycles. The monoisotopic (exact) mass is 274 g/mol. The van der Waals surface area contributed by atoms with Crippen molar-refractivity contribution in [2.24, 2.45) is 0 Å². The van der Waals surface area contributed by atoms with Gasteiger partial charge in [-0.05, 0) is 25.1 Å². The fourth-order valence-corrected chi connectivity index (χ4v) is 1.96. The van der Waals surface area contributed by atoms with Crippen molar-refractivity contribution in [2.45, 2.75) is 13.5 Å². The maximum absolute atomic E-state index is 13.6. The van der Waals surface area contributed by atoms with E-state index in [0.29, 0.717) is 17.1 Å². The summed E-state index contributed by atoms with van der Waals surface area (Å²) >= 11 is 0. The van der Waals surface area contributed by atoms with E-state index in [1.807, 2.05) is 0 Å². The van der Waals surface area contributed by atoms with Gasteiger partial charge < -0.3 is 10.0 Å². The average Bonchev–Trinajstić information content (AvgIpc) is 2.40. The maximum atomic E-state index is 13.6. The molecule has 0 aliphatic heterocycles. The normalized spacial score (nSPS) is 10.3. The molecular weight excluding hydrogens is 259 g/mol. The summed E-state index contributed by atoms with van der Waals surface area (Å²) in [6.45, 7) is 2.04. The zero-order valence-corrected chi connectivity index (χ0v) is 11.3. The molecule has 104 valence electrons. The first-order chi connectivity index (χ1) is 9.49. The SMILES string of the molecule is Cc1ccc(C(=O)O)c(N(C)Cc2ccccc2F)n1. The van der Waals surface area contributed by atoms with Crippen molar-refractivity contribution in [3.63, 3.8) is 0 Å². The molecule has 0 aliphatic carbocycles. The Hall–Kier alpha value is -2.43. The fraction of sp³-hybridized carbons (Fsp3) is 0.200. The first kappa shape index (κ1) is 14.0. The number of aromatic nitrogens is 1. The zero-order chi connectivity index (χ0) is 14.7. The third kappa shape index (κ3) is 2.93. The zero-order valence-electron chi connectivity index (χ0n) is 11.3. The van der Waals surface area contributed by atoms with Gasteiger partial charge in [0, 0.05) is 24.8 Å². The Balaban J connectivity index is 2.34. The van der Waals surface area contributed by atoms with Crippen LogP contribution in [0.15, 0.2) is 36.4 Å². The lowest BCUT2D eigenvalue weighted by atomic mass is 10.1. The molecule has 1 aromatic heterocycles. The van der Waals surface area contributed by atoms with E-state index in [0.717, 1.165) is 0 Å². The van der Waals surface area contributed by atoms with Crippen molar-refractivity contribution in [2.75, 3.05) is 11.9 Å². The predicted octanol–water partition coefficient (Wildman–Crippen LogP) is 2.86. The van der Waals surface area contributed by atoms with Crippen molar-refractivity contribution in [3.8, 4) is 0 Å². The van der Waals surface area contributed by atoms with E-state index < -0.39 is 5.97 Å². The van der Waals surface area contributed by atoms with Crippen molar-refractivity contribution < 1.29 is 14.3 Å². The number of hydrogen-bond acceptors (Lipinski definition) is 3. The van der Waals surface area contributed by atoms with Crippen LogP contribution in [0.4, 0.5) is 10.2 Å². The third-order valence-corrected chi connectivity index (χ3v) is 2.97. The van der Waals surface area contributed by atoms with Crippen LogP contribution in [0.3, 0.4) is 0 Å². The molecule has 0 fully saturated rings. The van der Waals surface area contributed by atoms with Crippen LogP contribution in [-0.2, 0) is 6.54 Å². The Morgan fingerprint density at radius 1 is 1.30 bits per heavy atom. The van der Waals surface area contributed by atoms with Gasteiger partial charge in [0.1, 0.15) is 17.2 Å². The van der Waals surface area contributed by atoms with Crippen LogP contribution in [0.5, 0.6) is 0 Å². The summed E-state index contributed by atoms with van der Waals surface area (Å²) in [5.74, 6) is -1.03. The number of hydrogen-bond donors (Lipinski definition) is 1. The van der Waals surface area contributed by atoms with Crippen LogP contribution in [0.1, 0.15) is 21.6 Å². The van der Waals surface area contributed by atoms with Gasteiger partial charge in [-0.25, -0.2) is 14.2 Å². The van der Waals surface area contributed by atoms with E-state index in [2.05, 4.69) is 4.98 Å². The molecule has 0 bridgehead atoms. The van der Waals surface area contributed by atoms with Crippen LogP contribution in [0, 0.1) is 12.7 Å². The van der Waals surface area contributed by atoms with Gasteiger partial charge in [-0.1, -0.05) is 18.2 Å². The second kappa shape index (κ2) is 5.69. The standard InChI is InChI=1S/C15H15FN2O2/c1-10-7-8-12(15(19)20)14(17-10)18(2)9-11-5-3-4-6-13(11)16/h3-8H,9H2,1-2H3,(H,19,20). The van der Waals surface area contributed by atoms with Crippen molar-refractivity contribution >= 4 is 11.8 Å². The van der Waals surface area contributed by atoms with Crippen LogP contribution < -0.4 is 4.90 Å². The molecule has 0 unspecified atom stereocenters. The minimum atomic E-state index is -1.05. The number of rotatable bonds is 4. The molecule has 0 saturated heterocycles. The Bertz CT molecular complexity index is 644. The van der Waals surface area contributed by atoms with E-state index in [9.17, 15) is 14.3 Å². The summed E-state index contributed by atoms with van der Waals surface area (Å²) in [5.41, 5.74) is 1.31. The van der Waals surface area contributed by atoms with Crippen LogP contribution in [0.2, 0.25) is 0 Å². The van der Waals surface area contributed by atoms with E-state index in [4.69, 9.17) is 0 Å². The second-order valence-corrected chi connectivity index (χ2v) is 4.58.